The highest BCUT2D eigenvalue weighted by molar-refractivity contribution is 5.82. The van der Waals surface area contributed by atoms with Gasteiger partial charge in [-0.05, 0) is 37.0 Å². The van der Waals surface area contributed by atoms with Gasteiger partial charge in [0.15, 0.2) is 5.82 Å². The summed E-state index contributed by atoms with van der Waals surface area (Å²) in [6.07, 6.45) is 2.84. The molecule has 1 amide bonds. The molecule has 8 nitrogen and oxygen atoms in total. The van der Waals surface area contributed by atoms with Crippen LogP contribution in [0.2, 0.25) is 0 Å². The first-order chi connectivity index (χ1) is 12.7. The monoisotopic (exact) mass is 357 g/mol. The van der Waals surface area contributed by atoms with Crippen molar-refractivity contribution < 1.29 is 9.53 Å². The molecule has 1 aliphatic carbocycles. The number of ether oxygens (including phenoxy) is 1. The summed E-state index contributed by atoms with van der Waals surface area (Å²) < 4.78 is 6.83. The first kappa shape index (κ1) is 16.8. The highest BCUT2D eigenvalue weighted by atomic mass is 16.5. The lowest BCUT2D eigenvalue weighted by atomic mass is 10.0. The second-order valence-electron chi connectivity index (χ2n) is 6.89. The summed E-state index contributed by atoms with van der Waals surface area (Å²) in [5, 5.41) is 9.44. The molecule has 2 aromatic rings. The molecule has 2 N–H and O–H groups in total. The Bertz CT molecular complexity index is 837. The van der Waals surface area contributed by atoms with Crippen molar-refractivity contribution in [3.8, 4) is 5.75 Å². The molecular weight excluding hydrogens is 334 g/mol. The van der Waals surface area contributed by atoms with E-state index in [0.29, 0.717) is 5.82 Å². The van der Waals surface area contributed by atoms with Crippen molar-refractivity contribution in [1.29, 1.82) is 0 Å². The predicted octanol–water partition coefficient (Wildman–Crippen LogP) is 0.806. The van der Waals surface area contributed by atoms with Crippen LogP contribution in [0.3, 0.4) is 0 Å². The van der Waals surface area contributed by atoms with Gasteiger partial charge in [-0.1, -0.05) is 12.1 Å². The summed E-state index contributed by atoms with van der Waals surface area (Å²) in [7, 11) is 1.65. The van der Waals surface area contributed by atoms with Crippen LogP contribution in [0, 0.1) is 0 Å². The number of aromatic amines is 1. The number of aromatic nitrogens is 3. The van der Waals surface area contributed by atoms with Crippen LogP contribution >= 0.6 is 0 Å². The van der Waals surface area contributed by atoms with Gasteiger partial charge in [-0.25, -0.2) is 9.89 Å². The average Bonchev–Trinajstić information content (AvgIpc) is 3.40. The lowest BCUT2D eigenvalue weighted by Gasteiger charge is -2.39. The van der Waals surface area contributed by atoms with Crippen LogP contribution in [0.5, 0.6) is 5.75 Å². The van der Waals surface area contributed by atoms with Crippen LogP contribution in [0.4, 0.5) is 0 Å². The Balaban J connectivity index is 1.32. The second kappa shape index (κ2) is 6.95. The minimum Gasteiger partial charge on any atom is -0.497 e. The third kappa shape index (κ3) is 3.37. The van der Waals surface area contributed by atoms with Gasteiger partial charge in [-0.15, -0.1) is 0 Å². The van der Waals surface area contributed by atoms with E-state index in [2.05, 4.69) is 20.4 Å². The number of carbonyl (C=O) groups is 1. The summed E-state index contributed by atoms with van der Waals surface area (Å²) in [5.74, 6) is 1.42. The van der Waals surface area contributed by atoms with Crippen LogP contribution in [0.1, 0.15) is 36.7 Å². The number of H-pyrrole nitrogens is 1. The Morgan fingerprint density at radius 1 is 1.31 bits per heavy atom. The zero-order valence-electron chi connectivity index (χ0n) is 14.8. The first-order valence-corrected chi connectivity index (χ1v) is 8.96. The summed E-state index contributed by atoms with van der Waals surface area (Å²) in [4.78, 5) is 26.4. The van der Waals surface area contributed by atoms with E-state index in [0.717, 1.165) is 43.7 Å². The molecule has 1 atom stereocenters. The number of hydrogen-bond acceptors (Lipinski definition) is 5. The maximum absolute atomic E-state index is 12.5. The SMILES string of the molecule is COc1ccc(CN2CCC2C(=O)NCc2n[nH]c(=O)n2C2CC2)cc1. The molecule has 0 radical (unpaired) electrons. The molecule has 1 saturated carbocycles. The van der Waals surface area contributed by atoms with Crippen LogP contribution in [0.25, 0.3) is 0 Å². The second-order valence-corrected chi connectivity index (χ2v) is 6.89. The molecule has 26 heavy (non-hydrogen) atoms. The van der Waals surface area contributed by atoms with Gasteiger partial charge in [0, 0.05) is 19.1 Å². The number of nitrogens with one attached hydrogen (secondary N) is 2. The van der Waals surface area contributed by atoms with Crippen LogP contribution in [0.15, 0.2) is 29.1 Å². The predicted molar refractivity (Wildman–Crippen MR) is 94.8 cm³/mol. The molecule has 2 fully saturated rings. The maximum Gasteiger partial charge on any atom is 0.343 e. The molecule has 138 valence electrons. The summed E-state index contributed by atoms with van der Waals surface area (Å²) in [6, 6.07) is 8.01. The molecule has 2 heterocycles. The minimum atomic E-state index is -0.193. The van der Waals surface area contributed by atoms with Gasteiger partial charge in [-0.3, -0.25) is 14.3 Å². The standard InChI is InChI=1S/C18H23N5O3/c1-26-14-6-2-12(3-7-14)11-22-9-8-15(22)17(24)19-10-16-20-21-18(25)23(16)13-4-5-13/h2-3,6-7,13,15H,4-5,8-11H2,1H3,(H,19,24)(H,21,25). The van der Waals surface area contributed by atoms with Crippen molar-refractivity contribution >= 4 is 5.91 Å². The number of hydrogen-bond donors (Lipinski definition) is 2. The van der Waals surface area contributed by atoms with E-state index in [4.69, 9.17) is 4.74 Å². The quantitative estimate of drug-likeness (QED) is 0.765. The molecule has 0 bridgehead atoms. The number of methoxy groups -OCH3 is 1. The first-order valence-electron chi connectivity index (χ1n) is 8.96. The summed E-state index contributed by atoms with van der Waals surface area (Å²) >= 11 is 0. The van der Waals surface area contributed by atoms with E-state index in [1.807, 2.05) is 24.3 Å². The largest absolute Gasteiger partial charge is 0.497 e. The van der Waals surface area contributed by atoms with Crippen molar-refractivity contribution in [2.75, 3.05) is 13.7 Å². The molecule has 0 spiro atoms. The van der Waals surface area contributed by atoms with E-state index in [1.54, 1.807) is 11.7 Å². The molecule has 8 heteroatoms. The number of amides is 1. The zero-order valence-corrected chi connectivity index (χ0v) is 14.8. The van der Waals surface area contributed by atoms with Crippen molar-refractivity contribution in [2.45, 2.75) is 44.4 Å². The van der Waals surface area contributed by atoms with Crippen LogP contribution < -0.4 is 15.7 Å². The third-order valence-electron chi connectivity index (χ3n) is 5.09. The normalized spacial score (nSPS) is 19.8. The van der Waals surface area contributed by atoms with Gasteiger partial charge in [0.25, 0.3) is 0 Å². The maximum atomic E-state index is 12.5. The van der Waals surface area contributed by atoms with Crippen molar-refractivity contribution in [1.82, 2.24) is 25.0 Å². The summed E-state index contributed by atoms with van der Waals surface area (Å²) in [5.41, 5.74) is 0.958. The van der Waals surface area contributed by atoms with Gasteiger partial charge < -0.3 is 10.1 Å². The van der Waals surface area contributed by atoms with Gasteiger partial charge in [0.05, 0.1) is 19.7 Å². The number of benzene rings is 1. The van der Waals surface area contributed by atoms with Crippen LogP contribution in [-0.4, -0.2) is 45.3 Å². The van der Waals surface area contributed by atoms with E-state index in [9.17, 15) is 9.59 Å². The van der Waals surface area contributed by atoms with Gasteiger partial charge in [0.2, 0.25) is 5.91 Å². The highest BCUT2D eigenvalue weighted by Gasteiger charge is 2.34. The lowest BCUT2D eigenvalue weighted by Crippen LogP contribution is -2.55. The Morgan fingerprint density at radius 2 is 2.08 bits per heavy atom. The fourth-order valence-corrected chi connectivity index (χ4v) is 3.35. The molecule has 1 unspecified atom stereocenters. The molecule has 2 aliphatic rings. The van der Waals surface area contributed by atoms with Crippen molar-refractivity contribution in [3.05, 3.63) is 46.1 Å². The van der Waals surface area contributed by atoms with Crippen LogP contribution in [-0.2, 0) is 17.9 Å². The third-order valence-corrected chi connectivity index (χ3v) is 5.09. The number of nitrogens with zero attached hydrogens (tertiary/aromatic N) is 3. The smallest absolute Gasteiger partial charge is 0.343 e. The number of likely N-dealkylation sites (tertiary alicyclic amines) is 1. The molecule has 1 aromatic carbocycles. The molecular formula is C18H23N5O3. The topological polar surface area (TPSA) is 92.2 Å². The molecule has 1 aliphatic heterocycles. The van der Waals surface area contributed by atoms with E-state index >= 15 is 0 Å². The Hall–Kier alpha value is -2.61. The fourth-order valence-electron chi connectivity index (χ4n) is 3.35. The lowest BCUT2D eigenvalue weighted by molar-refractivity contribution is -0.131. The minimum absolute atomic E-state index is 0.0115. The molecule has 1 saturated heterocycles. The average molecular weight is 357 g/mol. The van der Waals surface area contributed by atoms with E-state index in [1.165, 1.54) is 0 Å². The van der Waals surface area contributed by atoms with Crippen molar-refractivity contribution in [2.24, 2.45) is 0 Å². The van der Waals surface area contributed by atoms with Gasteiger partial charge in [0.1, 0.15) is 5.75 Å². The Morgan fingerprint density at radius 3 is 2.69 bits per heavy atom. The number of rotatable bonds is 7. The van der Waals surface area contributed by atoms with Gasteiger partial charge >= 0.3 is 5.69 Å². The molecule has 1 aromatic heterocycles. The number of carbonyl (C=O) groups excluding carboxylic acids is 1. The molecule has 4 rings (SSSR count). The fraction of sp³-hybridized carbons (Fsp3) is 0.500. The summed E-state index contributed by atoms with van der Waals surface area (Å²) in [6.45, 7) is 1.91. The van der Waals surface area contributed by atoms with Crippen molar-refractivity contribution in [3.63, 3.8) is 0 Å². The zero-order chi connectivity index (χ0) is 18.1. The van der Waals surface area contributed by atoms with Gasteiger partial charge in [-0.2, -0.15) is 5.10 Å². The Labute approximate surface area is 151 Å². The highest BCUT2D eigenvalue weighted by Crippen LogP contribution is 2.34. The Kier molecular flexibility index (Phi) is 4.50. The van der Waals surface area contributed by atoms with E-state index < -0.39 is 0 Å². The van der Waals surface area contributed by atoms with E-state index in [-0.39, 0.29) is 30.2 Å².